The number of carbonyl (C=O) groups is 1. The van der Waals surface area contributed by atoms with Crippen LogP contribution in [0.3, 0.4) is 0 Å². The van der Waals surface area contributed by atoms with Crippen LogP contribution in [0.15, 0.2) is 60.7 Å². The highest BCUT2D eigenvalue weighted by molar-refractivity contribution is 6.03. The Labute approximate surface area is 171 Å². The Kier molecular flexibility index (Phi) is 6.12. The molecule has 0 saturated heterocycles. The van der Waals surface area contributed by atoms with Gasteiger partial charge in [0.05, 0.1) is 7.11 Å². The maximum atomic E-state index is 12.4. The standard InChI is InChI=1S/C23H26N4O2/c1-23(2,3)18-9-7-17(8-10-18)22(28)25-21-14-13-20(26-27-21)24-15-16-5-11-19(29-4)12-6-16/h5-14H,15H2,1-4H3,(H,24,26)(H,25,27,28). The summed E-state index contributed by atoms with van der Waals surface area (Å²) in [6.45, 7) is 7.04. The number of rotatable bonds is 6. The van der Waals surface area contributed by atoms with Gasteiger partial charge in [-0.2, -0.15) is 0 Å². The van der Waals surface area contributed by atoms with Crippen molar-refractivity contribution in [2.75, 3.05) is 17.7 Å². The van der Waals surface area contributed by atoms with E-state index in [0.29, 0.717) is 23.7 Å². The molecule has 0 atom stereocenters. The summed E-state index contributed by atoms with van der Waals surface area (Å²) in [4.78, 5) is 12.4. The van der Waals surface area contributed by atoms with Gasteiger partial charge in [0.1, 0.15) is 11.6 Å². The normalized spacial score (nSPS) is 11.0. The Balaban J connectivity index is 1.56. The summed E-state index contributed by atoms with van der Waals surface area (Å²) in [7, 11) is 1.64. The van der Waals surface area contributed by atoms with Gasteiger partial charge >= 0.3 is 0 Å². The number of nitrogens with zero attached hydrogens (tertiary/aromatic N) is 2. The topological polar surface area (TPSA) is 76.1 Å². The maximum absolute atomic E-state index is 12.4. The lowest BCUT2D eigenvalue weighted by Crippen LogP contribution is -2.15. The minimum Gasteiger partial charge on any atom is -0.497 e. The summed E-state index contributed by atoms with van der Waals surface area (Å²) in [5.74, 6) is 1.65. The summed E-state index contributed by atoms with van der Waals surface area (Å²) in [5, 5.41) is 14.2. The van der Waals surface area contributed by atoms with E-state index >= 15 is 0 Å². The van der Waals surface area contributed by atoms with Gasteiger partial charge in [-0.3, -0.25) is 4.79 Å². The first-order valence-electron chi connectivity index (χ1n) is 9.47. The minimum absolute atomic E-state index is 0.0507. The third-order valence-electron chi connectivity index (χ3n) is 4.55. The van der Waals surface area contributed by atoms with Gasteiger partial charge in [0.2, 0.25) is 0 Å². The average Bonchev–Trinajstić information content (AvgIpc) is 2.73. The van der Waals surface area contributed by atoms with Gasteiger partial charge in [-0.15, -0.1) is 10.2 Å². The molecule has 6 nitrogen and oxygen atoms in total. The molecule has 3 aromatic rings. The van der Waals surface area contributed by atoms with Crippen LogP contribution in [0.5, 0.6) is 5.75 Å². The van der Waals surface area contributed by atoms with E-state index in [1.54, 1.807) is 19.2 Å². The van der Waals surface area contributed by atoms with E-state index in [1.807, 2.05) is 48.5 Å². The van der Waals surface area contributed by atoms with Crippen LogP contribution < -0.4 is 15.4 Å². The molecule has 0 bridgehead atoms. The van der Waals surface area contributed by atoms with Gasteiger partial charge < -0.3 is 15.4 Å². The molecule has 0 aliphatic carbocycles. The quantitative estimate of drug-likeness (QED) is 0.641. The summed E-state index contributed by atoms with van der Waals surface area (Å²) in [5.41, 5.74) is 2.92. The second kappa shape index (κ2) is 8.73. The van der Waals surface area contributed by atoms with E-state index < -0.39 is 0 Å². The fourth-order valence-electron chi connectivity index (χ4n) is 2.74. The van der Waals surface area contributed by atoms with Gasteiger partial charge in [-0.05, 0) is 52.9 Å². The lowest BCUT2D eigenvalue weighted by molar-refractivity contribution is 0.102. The number of nitrogens with one attached hydrogen (secondary N) is 2. The zero-order valence-electron chi connectivity index (χ0n) is 17.2. The van der Waals surface area contributed by atoms with Crippen molar-refractivity contribution in [1.29, 1.82) is 0 Å². The molecule has 150 valence electrons. The highest BCUT2D eigenvalue weighted by atomic mass is 16.5. The number of hydrogen-bond donors (Lipinski definition) is 2. The van der Waals surface area contributed by atoms with Crippen molar-refractivity contribution < 1.29 is 9.53 Å². The molecular formula is C23H26N4O2. The number of ether oxygens (including phenoxy) is 1. The first-order chi connectivity index (χ1) is 13.8. The smallest absolute Gasteiger partial charge is 0.256 e. The van der Waals surface area contributed by atoms with E-state index in [0.717, 1.165) is 11.3 Å². The molecule has 0 spiro atoms. The molecule has 1 heterocycles. The number of benzene rings is 2. The summed E-state index contributed by atoms with van der Waals surface area (Å²) in [6.07, 6.45) is 0. The fraction of sp³-hybridized carbons (Fsp3) is 0.261. The van der Waals surface area contributed by atoms with E-state index in [-0.39, 0.29) is 11.3 Å². The molecule has 29 heavy (non-hydrogen) atoms. The Hall–Kier alpha value is -3.41. The van der Waals surface area contributed by atoms with Crippen LogP contribution in [0, 0.1) is 0 Å². The van der Waals surface area contributed by atoms with Crippen LogP contribution >= 0.6 is 0 Å². The van der Waals surface area contributed by atoms with E-state index in [4.69, 9.17) is 4.74 Å². The van der Waals surface area contributed by atoms with Crippen molar-refractivity contribution >= 4 is 17.5 Å². The van der Waals surface area contributed by atoms with E-state index in [2.05, 4.69) is 41.6 Å². The van der Waals surface area contributed by atoms with Crippen molar-refractivity contribution in [3.05, 3.63) is 77.4 Å². The predicted octanol–water partition coefficient (Wildman–Crippen LogP) is 4.65. The molecule has 0 fully saturated rings. The molecule has 1 aromatic heterocycles. The molecule has 0 radical (unpaired) electrons. The van der Waals surface area contributed by atoms with Gasteiger partial charge in [0.15, 0.2) is 5.82 Å². The van der Waals surface area contributed by atoms with Gasteiger partial charge in [-0.25, -0.2) is 0 Å². The molecule has 1 amide bonds. The third kappa shape index (κ3) is 5.54. The first-order valence-corrected chi connectivity index (χ1v) is 9.47. The number of methoxy groups -OCH3 is 1. The van der Waals surface area contributed by atoms with Crippen LogP contribution in [-0.4, -0.2) is 23.2 Å². The lowest BCUT2D eigenvalue weighted by Gasteiger charge is -2.19. The van der Waals surface area contributed by atoms with Crippen LogP contribution in [0.4, 0.5) is 11.6 Å². The second-order valence-corrected chi connectivity index (χ2v) is 7.79. The van der Waals surface area contributed by atoms with Crippen molar-refractivity contribution in [1.82, 2.24) is 10.2 Å². The Morgan fingerprint density at radius 2 is 1.52 bits per heavy atom. The van der Waals surface area contributed by atoms with Crippen molar-refractivity contribution in [2.24, 2.45) is 0 Å². The maximum Gasteiger partial charge on any atom is 0.256 e. The number of anilines is 2. The molecule has 0 aliphatic heterocycles. The first kappa shape index (κ1) is 20.3. The van der Waals surface area contributed by atoms with Crippen molar-refractivity contribution in [3.63, 3.8) is 0 Å². The van der Waals surface area contributed by atoms with Gasteiger partial charge in [-0.1, -0.05) is 45.0 Å². The third-order valence-corrected chi connectivity index (χ3v) is 4.55. The zero-order chi connectivity index (χ0) is 20.9. The monoisotopic (exact) mass is 390 g/mol. The summed E-state index contributed by atoms with van der Waals surface area (Å²) < 4.78 is 5.15. The minimum atomic E-state index is -0.210. The van der Waals surface area contributed by atoms with E-state index in [9.17, 15) is 4.79 Å². The molecule has 0 aliphatic rings. The van der Waals surface area contributed by atoms with Crippen molar-refractivity contribution in [2.45, 2.75) is 32.7 Å². The fourth-order valence-corrected chi connectivity index (χ4v) is 2.74. The highest BCUT2D eigenvalue weighted by Gasteiger charge is 2.14. The molecular weight excluding hydrogens is 364 g/mol. The molecule has 0 unspecified atom stereocenters. The van der Waals surface area contributed by atoms with Gasteiger partial charge in [0.25, 0.3) is 5.91 Å². The summed E-state index contributed by atoms with van der Waals surface area (Å²) >= 11 is 0. The Morgan fingerprint density at radius 1 is 0.897 bits per heavy atom. The number of aromatic nitrogens is 2. The molecule has 2 aromatic carbocycles. The second-order valence-electron chi connectivity index (χ2n) is 7.79. The molecule has 0 saturated carbocycles. The zero-order valence-corrected chi connectivity index (χ0v) is 17.2. The SMILES string of the molecule is COc1ccc(CNc2ccc(NC(=O)c3ccc(C(C)(C)C)cc3)nn2)cc1. The number of amides is 1. The lowest BCUT2D eigenvalue weighted by atomic mass is 9.87. The van der Waals surface area contributed by atoms with Crippen LogP contribution in [0.2, 0.25) is 0 Å². The van der Waals surface area contributed by atoms with Crippen molar-refractivity contribution in [3.8, 4) is 5.75 Å². The highest BCUT2D eigenvalue weighted by Crippen LogP contribution is 2.22. The number of hydrogen-bond acceptors (Lipinski definition) is 5. The van der Waals surface area contributed by atoms with Gasteiger partial charge in [0, 0.05) is 12.1 Å². The Bertz CT molecular complexity index is 944. The van der Waals surface area contributed by atoms with Crippen LogP contribution in [0.1, 0.15) is 42.3 Å². The molecule has 2 N–H and O–H groups in total. The largest absolute Gasteiger partial charge is 0.497 e. The van der Waals surface area contributed by atoms with Crippen LogP contribution in [0.25, 0.3) is 0 Å². The molecule has 3 rings (SSSR count). The van der Waals surface area contributed by atoms with Crippen LogP contribution in [-0.2, 0) is 12.0 Å². The average molecular weight is 390 g/mol. The molecule has 6 heteroatoms. The predicted molar refractivity (Wildman–Crippen MR) is 115 cm³/mol. The summed E-state index contributed by atoms with van der Waals surface area (Å²) in [6, 6.07) is 18.9. The Morgan fingerprint density at radius 3 is 2.07 bits per heavy atom. The van der Waals surface area contributed by atoms with E-state index in [1.165, 1.54) is 5.56 Å². The number of carbonyl (C=O) groups excluding carboxylic acids is 1.